The quantitative estimate of drug-likeness (QED) is 0.632. The number of benzene rings is 1. The average Bonchev–Trinajstić information content (AvgIpc) is 2.48. The maximum absolute atomic E-state index is 11.6. The Labute approximate surface area is 136 Å². The Morgan fingerprint density at radius 3 is 2.39 bits per heavy atom. The summed E-state index contributed by atoms with van der Waals surface area (Å²) in [6.45, 7) is 9.13. The molecule has 0 N–H and O–H groups in total. The third-order valence-electron chi connectivity index (χ3n) is 4.56. The Hall–Kier alpha value is -2.04. The zero-order chi connectivity index (χ0) is 17.4. The first kappa shape index (κ1) is 17.3. The zero-order valence-electron chi connectivity index (χ0n) is 14.7. The summed E-state index contributed by atoms with van der Waals surface area (Å²) in [7, 11) is 1.38. The fourth-order valence-electron chi connectivity index (χ4n) is 3.08. The summed E-state index contributed by atoms with van der Waals surface area (Å²) in [5.41, 5.74) is 3.23. The first-order chi connectivity index (χ1) is 10.7. The molecule has 1 heterocycles. The van der Waals surface area contributed by atoms with Crippen LogP contribution in [0.5, 0.6) is 11.5 Å². The molecule has 126 valence electrons. The van der Waals surface area contributed by atoms with Crippen LogP contribution in [0.4, 0.5) is 0 Å². The van der Waals surface area contributed by atoms with Crippen molar-refractivity contribution in [1.82, 2.24) is 0 Å². The molecule has 5 nitrogen and oxygen atoms in total. The molecule has 0 radical (unpaired) electrons. The van der Waals surface area contributed by atoms with Gasteiger partial charge in [-0.3, -0.25) is 9.59 Å². The van der Waals surface area contributed by atoms with Crippen LogP contribution in [0.25, 0.3) is 0 Å². The van der Waals surface area contributed by atoms with E-state index in [-0.39, 0.29) is 18.4 Å². The summed E-state index contributed by atoms with van der Waals surface area (Å²) in [6, 6.07) is 0. The second-order valence-electron chi connectivity index (χ2n) is 6.41. The van der Waals surface area contributed by atoms with E-state index in [2.05, 4.69) is 0 Å². The normalized spacial score (nSPS) is 19.6. The van der Waals surface area contributed by atoms with Crippen LogP contribution in [-0.2, 0) is 20.7 Å². The van der Waals surface area contributed by atoms with Crippen molar-refractivity contribution in [2.75, 3.05) is 7.11 Å². The third kappa shape index (κ3) is 3.33. The van der Waals surface area contributed by atoms with Crippen LogP contribution in [0, 0.1) is 20.8 Å². The molecule has 0 fully saturated rings. The lowest BCUT2D eigenvalue weighted by molar-refractivity contribution is -0.145. The summed E-state index contributed by atoms with van der Waals surface area (Å²) in [6.07, 6.45) is 1.69. The molecule has 0 amide bonds. The first-order valence-corrected chi connectivity index (χ1v) is 7.75. The zero-order valence-corrected chi connectivity index (χ0v) is 14.7. The minimum absolute atomic E-state index is 0.214. The van der Waals surface area contributed by atoms with E-state index in [1.165, 1.54) is 14.0 Å². The molecule has 0 aliphatic carbocycles. The van der Waals surface area contributed by atoms with E-state index in [0.29, 0.717) is 12.2 Å². The molecule has 0 spiro atoms. The van der Waals surface area contributed by atoms with Gasteiger partial charge in [0.1, 0.15) is 17.1 Å². The Morgan fingerprint density at radius 1 is 1.17 bits per heavy atom. The van der Waals surface area contributed by atoms with Gasteiger partial charge in [-0.05, 0) is 57.2 Å². The van der Waals surface area contributed by atoms with Crippen LogP contribution in [0.3, 0.4) is 0 Å². The van der Waals surface area contributed by atoms with Gasteiger partial charge in [-0.2, -0.15) is 0 Å². The van der Waals surface area contributed by atoms with Gasteiger partial charge in [-0.15, -0.1) is 0 Å². The van der Waals surface area contributed by atoms with E-state index >= 15 is 0 Å². The van der Waals surface area contributed by atoms with E-state index in [4.69, 9.17) is 14.2 Å². The van der Waals surface area contributed by atoms with Gasteiger partial charge in [0.2, 0.25) is 0 Å². The summed E-state index contributed by atoms with van der Waals surface area (Å²) in [5.74, 6) is 0.809. The van der Waals surface area contributed by atoms with Crippen LogP contribution in [0.15, 0.2) is 0 Å². The lowest BCUT2D eigenvalue weighted by Gasteiger charge is -2.37. The minimum Gasteiger partial charge on any atom is -0.486 e. The molecule has 1 aromatic rings. The fraction of sp³-hybridized carbons (Fsp3) is 0.556. The van der Waals surface area contributed by atoms with Gasteiger partial charge >= 0.3 is 11.9 Å². The number of carbonyl (C=O) groups excluding carboxylic acids is 2. The van der Waals surface area contributed by atoms with E-state index < -0.39 is 5.60 Å². The van der Waals surface area contributed by atoms with Gasteiger partial charge in [-0.25, -0.2) is 0 Å². The summed E-state index contributed by atoms with van der Waals surface area (Å²) in [4.78, 5) is 23.0. The van der Waals surface area contributed by atoms with E-state index in [1.807, 2.05) is 27.7 Å². The first-order valence-electron chi connectivity index (χ1n) is 7.75. The Morgan fingerprint density at radius 2 is 1.83 bits per heavy atom. The van der Waals surface area contributed by atoms with Gasteiger partial charge in [0.25, 0.3) is 0 Å². The SMILES string of the molecule is COC(=O)CC1(C)CCc2c(C)c(OC(C)=O)c(C)c(C)c2O1. The number of ether oxygens (including phenoxy) is 3. The minimum atomic E-state index is -0.577. The highest BCUT2D eigenvalue weighted by atomic mass is 16.5. The maximum atomic E-state index is 11.6. The number of rotatable bonds is 3. The number of hydrogen-bond donors (Lipinski definition) is 0. The average molecular weight is 320 g/mol. The van der Waals surface area contributed by atoms with Crippen molar-refractivity contribution in [3.05, 3.63) is 22.3 Å². The molecule has 2 rings (SSSR count). The second kappa shape index (κ2) is 6.22. The molecule has 1 aromatic carbocycles. The van der Waals surface area contributed by atoms with Gasteiger partial charge in [-0.1, -0.05) is 0 Å². The van der Waals surface area contributed by atoms with Crippen molar-refractivity contribution < 1.29 is 23.8 Å². The maximum Gasteiger partial charge on any atom is 0.309 e. The van der Waals surface area contributed by atoms with E-state index in [9.17, 15) is 9.59 Å². The van der Waals surface area contributed by atoms with Crippen LogP contribution in [-0.4, -0.2) is 24.6 Å². The predicted octanol–water partition coefficient (Wildman–Crippen LogP) is 3.18. The van der Waals surface area contributed by atoms with Crippen molar-refractivity contribution in [3.63, 3.8) is 0 Å². The van der Waals surface area contributed by atoms with Crippen LogP contribution in [0.2, 0.25) is 0 Å². The highest BCUT2D eigenvalue weighted by Gasteiger charge is 2.37. The van der Waals surface area contributed by atoms with Gasteiger partial charge < -0.3 is 14.2 Å². The molecule has 0 aromatic heterocycles. The number of esters is 2. The Kier molecular flexibility index (Phi) is 4.68. The molecule has 1 aliphatic rings. The summed E-state index contributed by atoms with van der Waals surface area (Å²) < 4.78 is 16.4. The van der Waals surface area contributed by atoms with Gasteiger partial charge in [0.15, 0.2) is 0 Å². The molecule has 0 bridgehead atoms. The van der Waals surface area contributed by atoms with Crippen LogP contribution >= 0.6 is 0 Å². The largest absolute Gasteiger partial charge is 0.486 e. The van der Waals surface area contributed by atoms with Crippen LogP contribution in [0.1, 0.15) is 48.9 Å². The van der Waals surface area contributed by atoms with Crippen molar-refractivity contribution in [2.45, 2.75) is 59.5 Å². The van der Waals surface area contributed by atoms with Gasteiger partial charge in [0.05, 0.1) is 13.5 Å². The Bertz CT molecular complexity index is 662. The van der Waals surface area contributed by atoms with E-state index in [1.54, 1.807) is 0 Å². The third-order valence-corrected chi connectivity index (χ3v) is 4.56. The highest BCUT2D eigenvalue weighted by molar-refractivity contribution is 5.73. The fourth-order valence-corrected chi connectivity index (χ4v) is 3.08. The summed E-state index contributed by atoms with van der Waals surface area (Å²) >= 11 is 0. The molecule has 1 unspecified atom stereocenters. The predicted molar refractivity (Wildman–Crippen MR) is 85.9 cm³/mol. The molecule has 5 heteroatoms. The van der Waals surface area contributed by atoms with Crippen molar-refractivity contribution >= 4 is 11.9 Å². The topological polar surface area (TPSA) is 61.8 Å². The number of methoxy groups -OCH3 is 1. The van der Waals surface area contributed by atoms with Crippen molar-refractivity contribution in [3.8, 4) is 11.5 Å². The lowest BCUT2D eigenvalue weighted by atomic mass is 9.85. The monoisotopic (exact) mass is 320 g/mol. The number of hydrogen-bond acceptors (Lipinski definition) is 5. The molecule has 1 aliphatic heterocycles. The summed E-state index contributed by atoms with van der Waals surface area (Å²) in [5, 5.41) is 0. The molecular weight excluding hydrogens is 296 g/mol. The molecule has 0 saturated carbocycles. The Balaban J connectivity index is 2.45. The van der Waals surface area contributed by atoms with Crippen molar-refractivity contribution in [1.29, 1.82) is 0 Å². The molecule has 23 heavy (non-hydrogen) atoms. The lowest BCUT2D eigenvalue weighted by Crippen LogP contribution is -2.39. The molecule has 0 saturated heterocycles. The number of fused-ring (bicyclic) bond motifs is 1. The second-order valence-corrected chi connectivity index (χ2v) is 6.41. The van der Waals surface area contributed by atoms with E-state index in [0.717, 1.165) is 34.4 Å². The van der Waals surface area contributed by atoms with Crippen molar-refractivity contribution in [2.24, 2.45) is 0 Å². The molecule has 1 atom stereocenters. The standard InChI is InChI=1S/C18H24O5/c1-10-11(2)17-14(12(3)16(10)22-13(4)19)7-8-18(5,23-17)9-15(20)21-6/h7-9H2,1-6H3. The smallest absolute Gasteiger partial charge is 0.309 e. The highest BCUT2D eigenvalue weighted by Crippen LogP contribution is 2.44. The van der Waals surface area contributed by atoms with Gasteiger partial charge in [0, 0.05) is 12.5 Å². The van der Waals surface area contributed by atoms with Crippen LogP contribution < -0.4 is 9.47 Å². The molecular formula is C18H24O5. The number of carbonyl (C=O) groups is 2.